The van der Waals surface area contributed by atoms with Crippen LogP contribution in [0.25, 0.3) is 0 Å². The van der Waals surface area contributed by atoms with E-state index in [4.69, 9.17) is 9.47 Å². The Morgan fingerprint density at radius 1 is 1.02 bits per heavy atom. The molecular formula is C36H45F2NO3. The lowest BCUT2D eigenvalue weighted by molar-refractivity contribution is -0.152. The lowest BCUT2D eigenvalue weighted by Gasteiger charge is -2.51. The average Bonchev–Trinajstić information content (AvgIpc) is 2.99. The van der Waals surface area contributed by atoms with Crippen LogP contribution in [0.3, 0.4) is 0 Å². The molecule has 0 aliphatic carbocycles. The van der Waals surface area contributed by atoms with Crippen molar-refractivity contribution in [2.75, 3.05) is 27.4 Å². The van der Waals surface area contributed by atoms with E-state index >= 15 is 0 Å². The molecule has 0 spiro atoms. The van der Waals surface area contributed by atoms with E-state index in [-0.39, 0.29) is 29.3 Å². The fourth-order valence-corrected chi connectivity index (χ4v) is 7.15. The first kappa shape index (κ1) is 31.8. The van der Waals surface area contributed by atoms with Gasteiger partial charge in [0, 0.05) is 31.7 Å². The highest BCUT2D eigenvalue weighted by atomic mass is 19.2. The van der Waals surface area contributed by atoms with Gasteiger partial charge >= 0.3 is 5.97 Å². The van der Waals surface area contributed by atoms with Crippen LogP contribution in [0.5, 0.6) is 0 Å². The van der Waals surface area contributed by atoms with Gasteiger partial charge in [-0.15, -0.1) is 0 Å². The number of piperidine rings is 1. The van der Waals surface area contributed by atoms with E-state index in [1.165, 1.54) is 41.5 Å². The number of hydrogen-bond donors (Lipinski definition) is 0. The summed E-state index contributed by atoms with van der Waals surface area (Å²) < 4.78 is 39.8. The molecule has 1 heterocycles. The second-order valence-corrected chi connectivity index (χ2v) is 12.1. The van der Waals surface area contributed by atoms with Crippen LogP contribution >= 0.6 is 0 Å². The van der Waals surface area contributed by atoms with Crippen LogP contribution in [0.15, 0.2) is 66.7 Å². The van der Waals surface area contributed by atoms with Crippen molar-refractivity contribution >= 4 is 5.97 Å². The van der Waals surface area contributed by atoms with Crippen molar-refractivity contribution in [3.05, 3.63) is 106 Å². The van der Waals surface area contributed by atoms with Crippen LogP contribution in [-0.4, -0.2) is 44.3 Å². The number of rotatable bonds is 11. The summed E-state index contributed by atoms with van der Waals surface area (Å²) in [5.74, 6) is -1.88. The van der Waals surface area contributed by atoms with Gasteiger partial charge < -0.3 is 9.47 Å². The van der Waals surface area contributed by atoms with Gasteiger partial charge in [0.05, 0.1) is 7.11 Å². The van der Waals surface area contributed by atoms with Crippen molar-refractivity contribution in [3.8, 4) is 0 Å². The molecule has 0 amide bonds. The Kier molecular flexibility index (Phi) is 10.6. The van der Waals surface area contributed by atoms with Crippen molar-refractivity contribution in [3.63, 3.8) is 0 Å². The molecule has 1 aliphatic rings. The Bertz CT molecular complexity index is 1340. The Labute approximate surface area is 250 Å². The normalized spacial score (nSPS) is 21.5. The maximum Gasteiger partial charge on any atom is 0.323 e. The molecular weight excluding hydrogens is 532 g/mol. The third-order valence-corrected chi connectivity index (χ3v) is 9.15. The molecule has 0 radical (unpaired) electrons. The summed E-state index contributed by atoms with van der Waals surface area (Å²) in [7, 11) is 3.10. The second-order valence-electron chi connectivity index (χ2n) is 12.1. The van der Waals surface area contributed by atoms with Crippen LogP contribution < -0.4 is 0 Å². The number of benzene rings is 3. The molecule has 4 rings (SSSR count). The number of methoxy groups -OCH3 is 2. The van der Waals surface area contributed by atoms with E-state index in [9.17, 15) is 13.6 Å². The first-order valence-corrected chi connectivity index (χ1v) is 15.1. The summed E-state index contributed by atoms with van der Waals surface area (Å²) in [6, 6.07) is 20.5. The van der Waals surface area contributed by atoms with Crippen molar-refractivity contribution in [2.45, 2.75) is 70.9 Å². The van der Waals surface area contributed by atoms with Gasteiger partial charge in [-0.3, -0.25) is 9.69 Å². The molecule has 1 aliphatic heterocycles. The molecule has 6 heteroatoms. The third-order valence-electron chi connectivity index (χ3n) is 9.15. The summed E-state index contributed by atoms with van der Waals surface area (Å²) in [5, 5.41) is 0. The van der Waals surface area contributed by atoms with E-state index in [1.54, 1.807) is 13.2 Å². The molecule has 4 nitrogen and oxygen atoms in total. The highest BCUT2D eigenvalue weighted by molar-refractivity contribution is 5.76. The molecule has 5 unspecified atom stereocenters. The Morgan fingerprint density at radius 2 is 1.74 bits per heavy atom. The van der Waals surface area contributed by atoms with Crippen LogP contribution in [0.2, 0.25) is 0 Å². The highest BCUT2D eigenvalue weighted by Crippen LogP contribution is 2.50. The first-order chi connectivity index (χ1) is 20.1. The lowest BCUT2D eigenvalue weighted by Crippen LogP contribution is -2.54. The van der Waals surface area contributed by atoms with Gasteiger partial charge in [-0.1, -0.05) is 80.9 Å². The minimum atomic E-state index is -0.885. The fraction of sp³-hybridized carbons (Fsp3) is 0.472. The largest absolute Gasteiger partial charge is 0.468 e. The van der Waals surface area contributed by atoms with Crippen molar-refractivity contribution < 1.29 is 23.0 Å². The summed E-state index contributed by atoms with van der Waals surface area (Å²) in [4.78, 5) is 15.7. The molecule has 226 valence electrons. The van der Waals surface area contributed by atoms with E-state index in [0.717, 1.165) is 19.3 Å². The van der Waals surface area contributed by atoms with Crippen molar-refractivity contribution in [1.82, 2.24) is 4.90 Å². The number of ether oxygens (including phenoxy) is 2. The van der Waals surface area contributed by atoms with Crippen LogP contribution in [0.1, 0.15) is 73.9 Å². The number of esters is 1. The SMILES string of the molecule is CCc1ccccc1C1(c2ccc(C)cc2)CCN(C(C(=O)OC)C(C)CC(C)COC)C(c2ccc(F)c(F)c2)C1. The number of carbonyl (C=O) groups excluding carboxylic acids is 1. The number of nitrogens with zero attached hydrogens (tertiary/aromatic N) is 1. The van der Waals surface area contributed by atoms with E-state index in [0.29, 0.717) is 25.1 Å². The number of hydrogen-bond acceptors (Lipinski definition) is 4. The van der Waals surface area contributed by atoms with E-state index in [1.807, 2.05) is 0 Å². The molecule has 1 saturated heterocycles. The average molecular weight is 578 g/mol. The zero-order valence-electron chi connectivity index (χ0n) is 25.8. The van der Waals surface area contributed by atoms with Crippen LogP contribution in [0.4, 0.5) is 8.78 Å². The number of aryl methyl sites for hydroxylation is 2. The Morgan fingerprint density at radius 3 is 2.38 bits per heavy atom. The fourth-order valence-electron chi connectivity index (χ4n) is 7.15. The van der Waals surface area contributed by atoms with Crippen LogP contribution in [-0.2, 0) is 26.1 Å². The number of likely N-dealkylation sites (tertiary alicyclic amines) is 1. The number of halogens is 2. The van der Waals surface area contributed by atoms with Crippen molar-refractivity contribution in [2.24, 2.45) is 11.8 Å². The molecule has 3 aromatic carbocycles. The summed E-state index contributed by atoms with van der Waals surface area (Å²) in [5.41, 5.74) is 5.15. The van der Waals surface area contributed by atoms with Gasteiger partial charge in [0.15, 0.2) is 11.6 Å². The highest BCUT2D eigenvalue weighted by Gasteiger charge is 2.48. The molecule has 1 fully saturated rings. The first-order valence-electron chi connectivity index (χ1n) is 15.1. The quantitative estimate of drug-likeness (QED) is 0.218. The Balaban J connectivity index is 1.89. The minimum Gasteiger partial charge on any atom is -0.468 e. The van der Waals surface area contributed by atoms with Crippen molar-refractivity contribution in [1.29, 1.82) is 0 Å². The maximum atomic E-state index is 14.8. The van der Waals surface area contributed by atoms with E-state index < -0.39 is 17.7 Å². The predicted molar refractivity (Wildman–Crippen MR) is 163 cm³/mol. The molecule has 0 saturated carbocycles. The lowest BCUT2D eigenvalue weighted by atomic mass is 9.63. The minimum absolute atomic E-state index is 0.0507. The molecule has 0 aromatic heterocycles. The number of carbonyl (C=O) groups is 1. The standard InChI is InChI=1S/C36H45F2NO3/c1-7-27-10-8-9-11-30(27)36(29-15-12-24(2)13-16-29)18-19-39(33(22-36)28-14-17-31(37)32(38)21-28)34(35(40)42-6)26(4)20-25(3)23-41-5/h8-17,21,25-26,33-34H,7,18-20,22-23H2,1-6H3. The van der Waals surface area contributed by atoms with E-state index in [2.05, 4.69) is 81.1 Å². The maximum absolute atomic E-state index is 14.8. The van der Waals surface area contributed by atoms with Gasteiger partial charge in [0.25, 0.3) is 0 Å². The summed E-state index contributed by atoms with van der Waals surface area (Å²) in [6.07, 6.45) is 3.01. The topological polar surface area (TPSA) is 38.8 Å². The van der Waals surface area contributed by atoms with Gasteiger partial charge in [0.2, 0.25) is 0 Å². The molecule has 42 heavy (non-hydrogen) atoms. The third kappa shape index (κ3) is 6.60. The zero-order valence-corrected chi connectivity index (χ0v) is 25.8. The summed E-state index contributed by atoms with van der Waals surface area (Å²) >= 11 is 0. The van der Waals surface area contributed by atoms with Crippen LogP contribution in [0, 0.1) is 30.4 Å². The monoisotopic (exact) mass is 577 g/mol. The smallest absolute Gasteiger partial charge is 0.323 e. The molecule has 5 atom stereocenters. The summed E-state index contributed by atoms with van der Waals surface area (Å²) in [6.45, 7) is 9.61. The molecule has 3 aromatic rings. The molecule has 0 bridgehead atoms. The molecule has 0 N–H and O–H groups in total. The zero-order chi connectivity index (χ0) is 30.4. The van der Waals surface area contributed by atoms with Gasteiger partial charge in [0.1, 0.15) is 6.04 Å². The Hall–Kier alpha value is -3.09. The second kappa shape index (κ2) is 13.9. The predicted octanol–water partition coefficient (Wildman–Crippen LogP) is 7.81. The van der Waals surface area contributed by atoms with Gasteiger partial charge in [-0.2, -0.15) is 0 Å². The van der Waals surface area contributed by atoms with Gasteiger partial charge in [-0.25, -0.2) is 8.78 Å². The van der Waals surface area contributed by atoms with Gasteiger partial charge in [-0.05, 0) is 78.8 Å².